The molecule has 3 nitrogen and oxygen atoms in total. The van der Waals surface area contributed by atoms with Gasteiger partial charge in [-0.25, -0.2) is 0 Å². The Hall–Kier alpha value is -2.52. The van der Waals surface area contributed by atoms with Crippen molar-refractivity contribution in [2.45, 2.75) is 32.1 Å². The molecule has 0 spiro atoms. The van der Waals surface area contributed by atoms with Gasteiger partial charge in [0.15, 0.2) is 5.78 Å². The molecule has 27 heavy (non-hydrogen) atoms. The molecule has 0 saturated carbocycles. The van der Waals surface area contributed by atoms with Crippen molar-refractivity contribution in [1.29, 1.82) is 0 Å². The highest BCUT2D eigenvalue weighted by molar-refractivity contribution is 5.99. The minimum Gasteiger partial charge on any atom is -0.303 e. The van der Waals surface area contributed by atoms with Crippen molar-refractivity contribution in [2.24, 2.45) is 0 Å². The number of carbonyl (C=O) groups excluding carboxylic acids is 1. The summed E-state index contributed by atoms with van der Waals surface area (Å²) in [7, 11) is 0. The molecule has 0 bridgehead atoms. The van der Waals surface area contributed by atoms with Gasteiger partial charge in [-0.15, -0.1) is 0 Å². The van der Waals surface area contributed by atoms with Gasteiger partial charge >= 0.3 is 0 Å². The smallest absolute Gasteiger partial charge is 0.168 e. The van der Waals surface area contributed by atoms with Crippen molar-refractivity contribution in [3.05, 3.63) is 77.6 Å². The van der Waals surface area contributed by atoms with Crippen LogP contribution in [0.5, 0.6) is 0 Å². The number of likely N-dealkylation sites (tertiary alicyclic amines) is 1. The summed E-state index contributed by atoms with van der Waals surface area (Å²) in [5.74, 6) is 0.127. The van der Waals surface area contributed by atoms with Gasteiger partial charge in [-0.1, -0.05) is 54.6 Å². The molecule has 138 valence electrons. The maximum absolute atomic E-state index is 12.7. The van der Waals surface area contributed by atoms with Gasteiger partial charge in [-0.2, -0.15) is 0 Å². The van der Waals surface area contributed by atoms with Gasteiger partial charge in [0.2, 0.25) is 0 Å². The number of rotatable bonds is 7. The van der Waals surface area contributed by atoms with Gasteiger partial charge in [-0.05, 0) is 56.8 Å². The fraction of sp³-hybridized carbons (Fsp3) is 0.333. The number of ketones is 1. The molecule has 0 N–H and O–H groups in total. The zero-order valence-corrected chi connectivity index (χ0v) is 15.7. The van der Waals surface area contributed by atoms with E-state index < -0.39 is 0 Å². The van der Waals surface area contributed by atoms with Crippen LogP contribution in [0.3, 0.4) is 0 Å². The van der Waals surface area contributed by atoms with Crippen LogP contribution in [0.25, 0.3) is 10.8 Å². The molecule has 4 rings (SSSR count). The number of fused-ring (bicyclic) bond motifs is 1. The third kappa shape index (κ3) is 4.42. The number of aryl methyl sites for hydroxylation is 1. The summed E-state index contributed by atoms with van der Waals surface area (Å²) in [4.78, 5) is 20.1. The number of nitrogens with zero attached hydrogens (tertiary/aromatic N) is 2. The monoisotopic (exact) mass is 358 g/mol. The van der Waals surface area contributed by atoms with E-state index in [1.807, 2.05) is 36.4 Å². The summed E-state index contributed by atoms with van der Waals surface area (Å²) in [6.07, 6.45) is 5.11. The Balaban J connectivity index is 1.53. The van der Waals surface area contributed by atoms with Crippen LogP contribution in [0, 0.1) is 0 Å². The minimum atomic E-state index is 0.127. The highest BCUT2D eigenvalue weighted by Gasteiger charge is 2.14. The van der Waals surface area contributed by atoms with Crippen LogP contribution in [0.1, 0.15) is 41.0 Å². The van der Waals surface area contributed by atoms with Gasteiger partial charge in [0.05, 0.1) is 12.1 Å². The summed E-state index contributed by atoms with van der Waals surface area (Å²) in [5, 5.41) is 2.27. The molecule has 1 aromatic heterocycles. The van der Waals surface area contributed by atoms with Crippen LogP contribution in [-0.2, 0) is 12.8 Å². The van der Waals surface area contributed by atoms with E-state index in [1.54, 1.807) is 0 Å². The SMILES string of the molecule is O=C(Cc1nc(CCCN2CCCC2)cc2ccccc12)c1ccccc1. The predicted octanol–water partition coefficient (Wildman–Crippen LogP) is 4.69. The summed E-state index contributed by atoms with van der Waals surface area (Å²) in [5.41, 5.74) is 2.75. The Morgan fingerprint density at radius 3 is 2.52 bits per heavy atom. The molecule has 0 unspecified atom stereocenters. The topological polar surface area (TPSA) is 33.2 Å². The lowest BCUT2D eigenvalue weighted by molar-refractivity contribution is 0.0992. The maximum atomic E-state index is 12.7. The Bertz CT molecular complexity index is 914. The van der Waals surface area contributed by atoms with E-state index >= 15 is 0 Å². The first-order chi connectivity index (χ1) is 13.3. The second kappa shape index (κ2) is 8.45. The van der Waals surface area contributed by atoms with Crippen LogP contribution in [0.2, 0.25) is 0 Å². The largest absolute Gasteiger partial charge is 0.303 e. The molecule has 1 aliphatic heterocycles. The van der Waals surface area contributed by atoms with E-state index in [2.05, 4.69) is 29.2 Å². The molecule has 0 aliphatic carbocycles. The summed E-state index contributed by atoms with van der Waals surface area (Å²) in [6, 6.07) is 20.0. The fourth-order valence-corrected chi connectivity index (χ4v) is 3.96. The van der Waals surface area contributed by atoms with Crippen molar-refractivity contribution in [1.82, 2.24) is 9.88 Å². The van der Waals surface area contributed by atoms with Gasteiger partial charge in [0, 0.05) is 16.6 Å². The van der Waals surface area contributed by atoms with Crippen molar-refractivity contribution >= 4 is 16.6 Å². The van der Waals surface area contributed by atoms with Gasteiger partial charge < -0.3 is 4.90 Å². The summed E-state index contributed by atoms with van der Waals surface area (Å²) < 4.78 is 0. The molecule has 0 atom stereocenters. The summed E-state index contributed by atoms with van der Waals surface area (Å²) >= 11 is 0. The van der Waals surface area contributed by atoms with Crippen molar-refractivity contribution in [3.8, 4) is 0 Å². The Morgan fingerprint density at radius 2 is 1.70 bits per heavy atom. The number of pyridine rings is 1. The average Bonchev–Trinajstić information content (AvgIpc) is 3.22. The third-order valence-corrected chi connectivity index (χ3v) is 5.40. The number of carbonyl (C=O) groups is 1. The first kappa shape index (κ1) is 17.9. The van der Waals surface area contributed by atoms with E-state index in [0.717, 1.165) is 41.7 Å². The molecule has 1 aliphatic rings. The van der Waals surface area contributed by atoms with E-state index in [1.165, 1.54) is 31.3 Å². The van der Waals surface area contributed by atoms with Gasteiger partial charge in [-0.3, -0.25) is 9.78 Å². The number of hydrogen-bond donors (Lipinski definition) is 0. The molecule has 1 saturated heterocycles. The minimum absolute atomic E-state index is 0.127. The molecule has 0 amide bonds. The zero-order chi connectivity index (χ0) is 18.5. The average molecular weight is 358 g/mol. The molecular weight excluding hydrogens is 332 g/mol. The lowest BCUT2D eigenvalue weighted by Crippen LogP contribution is -2.20. The lowest BCUT2D eigenvalue weighted by Gasteiger charge is -2.14. The molecule has 0 radical (unpaired) electrons. The second-order valence-electron chi connectivity index (χ2n) is 7.40. The Kier molecular flexibility index (Phi) is 5.59. The lowest BCUT2D eigenvalue weighted by atomic mass is 10.0. The normalized spacial score (nSPS) is 14.7. The van der Waals surface area contributed by atoms with Crippen LogP contribution in [0.4, 0.5) is 0 Å². The molecular formula is C24H26N2O. The van der Waals surface area contributed by atoms with E-state index in [-0.39, 0.29) is 5.78 Å². The molecule has 2 heterocycles. The first-order valence-electron chi connectivity index (χ1n) is 9.98. The molecule has 2 aromatic carbocycles. The summed E-state index contributed by atoms with van der Waals surface area (Å²) in [6.45, 7) is 3.62. The predicted molar refractivity (Wildman–Crippen MR) is 110 cm³/mol. The molecule has 3 aromatic rings. The van der Waals surface area contributed by atoms with E-state index in [0.29, 0.717) is 6.42 Å². The Labute approximate surface area is 161 Å². The van der Waals surface area contributed by atoms with E-state index in [4.69, 9.17) is 4.98 Å². The number of Topliss-reactive ketones (excluding diaryl/α,β-unsaturated/α-hetero) is 1. The molecule has 1 fully saturated rings. The first-order valence-corrected chi connectivity index (χ1v) is 9.98. The van der Waals surface area contributed by atoms with Crippen LogP contribution >= 0.6 is 0 Å². The van der Waals surface area contributed by atoms with Crippen molar-refractivity contribution in [2.75, 3.05) is 19.6 Å². The molecule has 3 heteroatoms. The quantitative estimate of drug-likeness (QED) is 0.575. The van der Waals surface area contributed by atoms with Gasteiger partial charge in [0.25, 0.3) is 0 Å². The van der Waals surface area contributed by atoms with E-state index in [9.17, 15) is 4.79 Å². The van der Waals surface area contributed by atoms with Crippen LogP contribution in [0.15, 0.2) is 60.7 Å². The van der Waals surface area contributed by atoms with Gasteiger partial charge in [0.1, 0.15) is 0 Å². The standard InChI is InChI=1S/C24H26N2O/c27-24(19-9-2-1-3-10-19)18-23-22-13-5-4-11-20(22)17-21(25-23)12-8-16-26-14-6-7-15-26/h1-5,9-11,13,17H,6-8,12,14-16,18H2. The maximum Gasteiger partial charge on any atom is 0.168 e. The van der Waals surface area contributed by atoms with Crippen LogP contribution < -0.4 is 0 Å². The van der Waals surface area contributed by atoms with Crippen molar-refractivity contribution < 1.29 is 4.79 Å². The van der Waals surface area contributed by atoms with Crippen LogP contribution in [-0.4, -0.2) is 35.3 Å². The fourth-order valence-electron chi connectivity index (χ4n) is 3.96. The number of hydrogen-bond acceptors (Lipinski definition) is 3. The number of aromatic nitrogens is 1. The highest BCUT2D eigenvalue weighted by atomic mass is 16.1. The zero-order valence-electron chi connectivity index (χ0n) is 15.7. The van der Waals surface area contributed by atoms with Crippen molar-refractivity contribution in [3.63, 3.8) is 0 Å². The number of benzene rings is 2. The second-order valence-corrected chi connectivity index (χ2v) is 7.40. The third-order valence-electron chi connectivity index (χ3n) is 5.40. The highest BCUT2D eigenvalue weighted by Crippen LogP contribution is 2.21. The Morgan fingerprint density at radius 1 is 0.963 bits per heavy atom.